The van der Waals surface area contributed by atoms with Gasteiger partial charge in [-0.2, -0.15) is 0 Å². The summed E-state index contributed by atoms with van der Waals surface area (Å²) in [6.45, 7) is 6.34. The highest BCUT2D eigenvalue weighted by Gasteiger charge is 2.22. The fraction of sp³-hybridized carbons (Fsp3) is 0.304. The highest BCUT2D eigenvalue weighted by Crippen LogP contribution is 2.35. The fourth-order valence-electron chi connectivity index (χ4n) is 3.68. The van der Waals surface area contributed by atoms with E-state index in [-0.39, 0.29) is 5.56 Å². The standard InChI is InChI=1S/C23H24N2O3S/c1-4-11-28-17-9-6-15(13-18(17)27-3)7-10-20-24-22(26)21-16-8-5-14(2)12-19(16)29-23(21)25-20/h4,6-7,9-10,13-14H,1,5,8,11-12H2,2-3H3,(H,24,25,26)/b10-7+/t14-/m0/s1. The van der Waals surface area contributed by atoms with Crippen LogP contribution in [0.2, 0.25) is 0 Å². The van der Waals surface area contributed by atoms with Crippen LogP contribution in [0.3, 0.4) is 0 Å². The molecule has 1 aliphatic carbocycles. The minimum atomic E-state index is -0.0487. The number of hydrogen-bond acceptors (Lipinski definition) is 5. The first kappa shape index (κ1) is 19.5. The predicted octanol–water partition coefficient (Wildman–Crippen LogP) is 4.85. The van der Waals surface area contributed by atoms with Gasteiger partial charge in [0, 0.05) is 4.88 Å². The topological polar surface area (TPSA) is 64.2 Å². The maximum Gasteiger partial charge on any atom is 0.260 e. The molecule has 1 N–H and O–H groups in total. The minimum Gasteiger partial charge on any atom is -0.493 e. The number of hydrogen-bond donors (Lipinski definition) is 1. The third-order valence-corrected chi connectivity index (χ3v) is 6.31. The van der Waals surface area contributed by atoms with Gasteiger partial charge in [-0.05, 0) is 54.5 Å². The Bertz CT molecular complexity index is 1140. The van der Waals surface area contributed by atoms with Crippen molar-refractivity contribution in [3.05, 3.63) is 63.0 Å². The van der Waals surface area contributed by atoms with Gasteiger partial charge in [0.05, 0.1) is 12.5 Å². The van der Waals surface area contributed by atoms with Crippen LogP contribution >= 0.6 is 11.3 Å². The van der Waals surface area contributed by atoms with E-state index in [0.717, 1.165) is 35.0 Å². The molecule has 0 saturated carbocycles. The number of nitrogens with one attached hydrogen (secondary N) is 1. The summed E-state index contributed by atoms with van der Waals surface area (Å²) in [7, 11) is 1.61. The molecule has 0 radical (unpaired) electrons. The maximum atomic E-state index is 12.7. The van der Waals surface area contributed by atoms with Gasteiger partial charge in [0.2, 0.25) is 0 Å². The molecule has 0 bridgehead atoms. The molecule has 150 valence electrons. The molecule has 29 heavy (non-hydrogen) atoms. The lowest BCUT2D eigenvalue weighted by Crippen LogP contribution is -2.13. The molecule has 3 aromatic rings. The van der Waals surface area contributed by atoms with Crippen LogP contribution in [0.15, 0.2) is 35.6 Å². The normalized spacial score (nSPS) is 16.1. The maximum absolute atomic E-state index is 12.7. The van der Waals surface area contributed by atoms with E-state index in [9.17, 15) is 4.79 Å². The highest BCUT2D eigenvalue weighted by molar-refractivity contribution is 7.18. The van der Waals surface area contributed by atoms with Crippen LogP contribution in [0.1, 0.15) is 35.2 Å². The first-order valence-electron chi connectivity index (χ1n) is 9.73. The lowest BCUT2D eigenvalue weighted by atomic mass is 9.89. The highest BCUT2D eigenvalue weighted by atomic mass is 32.1. The van der Waals surface area contributed by atoms with E-state index < -0.39 is 0 Å². The average Bonchev–Trinajstić information content (AvgIpc) is 3.08. The number of methoxy groups -OCH3 is 1. The van der Waals surface area contributed by atoms with E-state index >= 15 is 0 Å². The van der Waals surface area contributed by atoms with Gasteiger partial charge >= 0.3 is 0 Å². The molecule has 0 unspecified atom stereocenters. The molecule has 1 aliphatic rings. The molecule has 2 aromatic heterocycles. The Hall–Kier alpha value is -2.86. The van der Waals surface area contributed by atoms with Gasteiger partial charge in [-0.15, -0.1) is 11.3 Å². The molecule has 6 heteroatoms. The first-order valence-corrected chi connectivity index (χ1v) is 10.5. The smallest absolute Gasteiger partial charge is 0.260 e. The third-order valence-electron chi connectivity index (χ3n) is 5.16. The molecule has 0 fully saturated rings. The van der Waals surface area contributed by atoms with Gasteiger partial charge < -0.3 is 14.5 Å². The summed E-state index contributed by atoms with van der Waals surface area (Å²) >= 11 is 1.66. The molecule has 5 nitrogen and oxygen atoms in total. The molecule has 0 amide bonds. The van der Waals surface area contributed by atoms with Gasteiger partial charge in [-0.25, -0.2) is 4.98 Å². The van der Waals surface area contributed by atoms with E-state index in [1.165, 1.54) is 10.4 Å². The van der Waals surface area contributed by atoms with Crippen molar-refractivity contribution in [1.82, 2.24) is 9.97 Å². The summed E-state index contributed by atoms with van der Waals surface area (Å²) in [5, 5.41) is 0.777. The SMILES string of the molecule is C=CCOc1ccc(/C=C/c2nc3sc4c(c3c(=O)[nH]2)CC[C@H](C)C4)cc1OC. The Balaban J connectivity index is 1.63. The van der Waals surface area contributed by atoms with Gasteiger partial charge in [0.1, 0.15) is 17.3 Å². The molecule has 1 atom stereocenters. The second-order valence-electron chi connectivity index (χ2n) is 7.33. The average molecular weight is 409 g/mol. The van der Waals surface area contributed by atoms with Crippen molar-refractivity contribution in [2.45, 2.75) is 26.2 Å². The van der Waals surface area contributed by atoms with E-state index in [1.807, 2.05) is 30.4 Å². The Kier molecular flexibility index (Phi) is 5.53. The summed E-state index contributed by atoms with van der Waals surface area (Å²) in [5.74, 6) is 2.53. The summed E-state index contributed by atoms with van der Waals surface area (Å²) in [6, 6.07) is 5.67. The number of rotatable bonds is 6. The predicted molar refractivity (Wildman–Crippen MR) is 119 cm³/mol. The van der Waals surface area contributed by atoms with Crippen molar-refractivity contribution in [3.8, 4) is 11.5 Å². The number of thiophene rings is 1. The summed E-state index contributed by atoms with van der Waals surface area (Å²) in [4.78, 5) is 22.5. The summed E-state index contributed by atoms with van der Waals surface area (Å²) in [5.41, 5.74) is 2.08. The van der Waals surface area contributed by atoms with Crippen LogP contribution in [-0.4, -0.2) is 23.7 Å². The first-order chi connectivity index (χ1) is 14.1. The van der Waals surface area contributed by atoms with Crippen LogP contribution in [-0.2, 0) is 12.8 Å². The number of aromatic nitrogens is 2. The summed E-state index contributed by atoms with van der Waals surface area (Å²) < 4.78 is 11.0. The van der Waals surface area contributed by atoms with E-state index in [0.29, 0.717) is 29.8 Å². The molecule has 0 saturated heterocycles. The molecule has 0 spiro atoms. The van der Waals surface area contributed by atoms with Gasteiger partial charge in [-0.3, -0.25) is 4.79 Å². The lowest BCUT2D eigenvalue weighted by molar-refractivity contribution is 0.326. The van der Waals surface area contributed by atoms with Crippen LogP contribution in [0.5, 0.6) is 11.5 Å². The van der Waals surface area contributed by atoms with Crippen LogP contribution in [0.4, 0.5) is 0 Å². The Morgan fingerprint density at radius 2 is 2.21 bits per heavy atom. The van der Waals surface area contributed by atoms with E-state index in [4.69, 9.17) is 14.5 Å². The zero-order valence-corrected chi connectivity index (χ0v) is 17.5. The van der Waals surface area contributed by atoms with Crippen molar-refractivity contribution in [2.75, 3.05) is 13.7 Å². The number of ether oxygens (including phenoxy) is 2. The van der Waals surface area contributed by atoms with Crippen molar-refractivity contribution >= 4 is 33.7 Å². The Morgan fingerprint density at radius 1 is 1.34 bits per heavy atom. The quantitative estimate of drug-likeness (QED) is 0.592. The number of fused-ring (bicyclic) bond motifs is 3. The lowest BCUT2D eigenvalue weighted by Gasteiger charge is -2.17. The zero-order chi connectivity index (χ0) is 20.4. The number of nitrogens with zero attached hydrogens (tertiary/aromatic N) is 1. The molecule has 4 rings (SSSR count). The summed E-state index contributed by atoms with van der Waals surface area (Å²) in [6.07, 6.45) is 8.56. The largest absolute Gasteiger partial charge is 0.493 e. The van der Waals surface area contributed by atoms with Crippen molar-refractivity contribution < 1.29 is 9.47 Å². The van der Waals surface area contributed by atoms with Crippen LogP contribution in [0.25, 0.3) is 22.4 Å². The fourth-order valence-corrected chi connectivity index (χ4v) is 5.07. The third kappa shape index (κ3) is 3.98. The second kappa shape index (κ2) is 8.25. The van der Waals surface area contributed by atoms with Crippen molar-refractivity contribution in [3.63, 3.8) is 0 Å². The van der Waals surface area contributed by atoms with Gasteiger partial charge in [-0.1, -0.05) is 31.7 Å². The second-order valence-corrected chi connectivity index (χ2v) is 8.41. The zero-order valence-electron chi connectivity index (χ0n) is 16.7. The van der Waals surface area contributed by atoms with Crippen LogP contribution < -0.4 is 15.0 Å². The Labute approximate surface area is 173 Å². The minimum absolute atomic E-state index is 0.0487. The van der Waals surface area contributed by atoms with Crippen molar-refractivity contribution in [1.29, 1.82) is 0 Å². The number of aryl methyl sites for hydroxylation is 1. The number of H-pyrrole nitrogens is 1. The molecular weight excluding hydrogens is 384 g/mol. The van der Waals surface area contributed by atoms with Crippen molar-refractivity contribution in [2.24, 2.45) is 5.92 Å². The molecule has 1 aromatic carbocycles. The van der Waals surface area contributed by atoms with Crippen LogP contribution in [0, 0.1) is 5.92 Å². The van der Waals surface area contributed by atoms with E-state index in [2.05, 4.69) is 18.5 Å². The van der Waals surface area contributed by atoms with Gasteiger partial charge in [0.15, 0.2) is 11.5 Å². The molecule has 0 aliphatic heterocycles. The molecular formula is C23H24N2O3S. The van der Waals surface area contributed by atoms with E-state index in [1.54, 1.807) is 24.5 Å². The monoisotopic (exact) mass is 408 g/mol. The number of benzene rings is 1. The number of aromatic amines is 1. The molecule has 2 heterocycles. The Morgan fingerprint density at radius 3 is 3.00 bits per heavy atom. The van der Waals surface area contributed by atoms with Gasteiger partial charge in [0.25, 0.3) is 5.56 Å².